The average molecular weight is 411 g/mol. The predicted molar refractivity (Wildman–Crippen MR) is 111 cm³/mol. The van der Waals surface area contributed by atoms with Gasteiger partial charge in [0.05, 0.1) is 26.5 Å². The molecule has 0 saturated heterocycles. The first-order valence-corrected chi connectivity index (χ1v) is 10.4. The summed E-state index contributed by atoms with van der Waals surface area (Å²) >= 11 is 3.09. The van der Waals surface area contributed by atoms with E-state index >= 15 is 0 Å². The van der Waals surface area contributed by atoms with Crippen LogP contribution < -0.4 is 4.74 Å². The Balaban J connectivity index is 1.56. The first kappa shape index (κ1) is 18.5. The van der Waals surface area contributed by atoms with E-state index in [1.54, 1.807) is 29.6 Å². The maximum absolute atomic E-state index is 13.2. The summed E-state index contributed by atoms with van der Waals surface area (Å²) in [5, 5.41) is 4.63. The average Bonchev–Trinajstić information content (AvgIpc) is 3.49. The minimum Gasteiger partial charge on any atom is -0.497 e. The zero-order valence-corrected chi connectivity index (χ0v) is 16.8. The lowest BCUT2D eigenvalue weighted by Gasteiger charge is -2.20. The van der Waals surface area contributed by atoms with Gasteiger partial charge in [-0.05, 0) is 47.8 Å². The van der Waals surface area contributed by atoms with Gasteiger partial charge in [0.1, 0.15) is 22.2 Å². The summed E-state index contributed by atoms with van der Waals surface area (Å²) in [6.07, 6.45) is 1.62. The van der Waals surface area contributed by atoms with Gasteiger partial charge in [-0.3, -0.25) is 4.79 Å². The lowest BCUT2D eigenvalue weighted by molar-refractivity contribution is 0.0714. The SMILES string of the molecule is COc1ccc(-c2nc(C(=O)N(Cc3ccco3)Cc3cccs3)cs2)cc1. The molecule has 4 aromatic rings. The van der Waals surface area contributed by atoms with E-state index in [4.69, 9.17) is 9.15 Å². The lowest BCUT2D eigenvalue weighted by Crippen LogP contribution is -2.30. The number of carbonyl (C=O) groups excluding carboxylic acids is 1. The van der Waals surface area contributed by atoms with Crippen molar-refractivity contribution in [3.05, 3.63) is 81.9 Å². The van der Waals surface area contributed by atoms with Crippen molar-refractivity contribution in [2.45, 2.75) is 13.1 Å². The molecule has 0 N–H and O–H groups in total. The van der Waals surface area contributed by atoms with Crippen molar-refractivity contribution in [2.75, 3.05) is 7.11 Å². The number of hydrogen-bond acceptors (Lipinski definition) is 6. The Kier molecular flexibility index (Phi) is 5.55. The molecule has 0 saturated carbocycles. The zero-order chi connectivity index (χ0) is 19.3. The Morgan fingerprint density at radius 3 is 2.64 bits per heavy atom. The van der Waals surface area contributed by atoms with Crippen LogP contribution in [0.25, 0.3) is 10.6 Å². The molecule has 0 atom stereocenters. The lowest BCUT2D eigenvalue weighted by atomic mass is 10.2. The zero-order valence-electron chi connectivity index (χ0n) is 15.2. The quantitative estimate of drug-likeness (QED) is 0.414. The van der Waals surface area contributed by atoms with Gasteiger partial charge >= 0.3 is 0 Å². The number of thiazole rings is 1. The van der Waals surface area contributed by atoms with E-state index in [0.717, 1.165) is 27.0 Å². The second kappa shape index (κ2) is 8.41. The van der Waals surface area contributed by atoms with E-state index in [9.17, 15) is 4.79 Å². The summed E-state index contributed by atoms with van der Waals surface area (Å²) in [7, 11) is 1.64. The van der Waals surface area contributed by atoms with Crippen molar-refractivity contribution in [3.8, 4) is 16.3 Å². The largest absolute Gasteiger partial charge is 0.497 e. The van der Waals surface area contributed by atoms with Gasteiger partial charge in [-0.1, -0.05) is 6.07 Å². The molecule has 0 aliphatic heterocycles. The van der Waals surface area contributed by atoms with Gasteiger partial charge in [0.25, 0.3) is 5.91 Å². The Hall–Kier alpha value is -2.90. The number of nitrogens with zero attached hydrogens (tertiary/aromatic N) is 2. The summed E-state index contributed by atoms with van der Waals surface area (Å²) < 4.78 is 10.6. The van der Waals surface area contributed by atoms with E-state index in [1.807, 2.05) is 59.3 Å². The third-order valence-electron chi connectivity index (χ3n) is 4.20. The molecule has 0 spiro atoms. The molecule has 7 heteroatoms. The van der Waals surface area contributed by atoms with Crippen LogP contribution in [0.2, 0.25) is 0 Å². The van der Waals surface area contributed by atoms with E-state index < -0.39 is 0 Å². The summed E-state index contributed by atoms with van der Waals surface area (Å²) in [6.45, 7) is 0.922. The number of carbonyl (C=O) groups is 1. The van der Waals surface area contributed by atoms with Crippen LogP contribution in [0.4, 0.5) is 0 Å². The number of furan rings is 1. The fourth-order valence-electron chi connectivity index (χ4n) is 2.78. The van der Waals surface area contributed by atoms with Crippen LogP contribution in [-0.4, -0.2) is 22.9 Å². The van der Waals surface area contributed by atoms with Crippen LogP contribution in [0.1, 0.15) is 21.1 Å². The molecule has 0 fully saturated rings. The minimum atomic E-state index is -0.110. The topological polar surface area (TPSA) is 55.6 Å². The van der Waals surface area contributed by atoms with Gasteiger partial charge < -0.3 is 14.1 Å². The fourth-order valence-corrected chi connectivity index (χ4v) is 4.30. The Bertz CT molecular complexity index is 986. The van der Waals surface area contributed by atoms with Crippen molar-refractivity contribution in [3.63, 3.8) is 0 Å². The highest BCUT2D eigenvalue weighted by Crippen LogP contribution is 2.27. The molecule has 0 unspecified atom stereocenters. The number of aromatic nitrogens is 1. The fraction of sp³-hybridized carbons (Fsp3) is 0.143. The van der Waals surface area contributed by atoms with Gasteiger partial charge in [0.2, 0.25) is 0 Å². The van der Waals surface area contributed by atoms with Crippen LogP contribution in [0.15, 0.2) is 70.0 Å². The molecule has 0 aliphatic rings. The molecule has 1 amide bonds. The standard InChI is InChI=1S/C21H18N2O3S2/c1-25-16-8-6-15(7-9-16)20-22-19(14-28-20)21(24)23(12-17-4-2-10-26-17)13-18-5-3-11-27-18/h2-11,14H,12-13H2,1H3. The molecule has 0 radical (unpaired) electrons. The van der Waals surface area contributed by atoms with Gasteiger partial charge in [0.15, 0.2) is 0 Å². The number of hydrogen-bond donors (Lipinski definition) is 0. The summed E-state index contributed by atoms with van der Waals surface area (Å²) in [5.74, 6) is 1.42. The molecule has 4 rings (SSSR count). The van der Waals surface area contributed by atoms with Crippen molar-refractivity contribution < 1.29 is 13.9 Å². The van der Waals surface area contributed by atoms with E-state index in [-0.39, 0.29) is 5.91 Å². The summed E-state index contributed by atoms with van der Waals surface area (Å²) in [4.78, 5) is 20.6. The van der Waals surface area contributed by atoms with Gasteiger partial charge in [-0.15, -0.1) is 22.7 Å². The maximum atomic E-state index is 13.2. The highest BCUT2D eigenvalue weighted by Gasteiger charge is 2.21. The van der Waals surface area contributed by atoms with Crippen LogP contribution in [0.3, 0.4) is 0 Å². The highest BCUT2D eigenvalue weighted by molar-refractivity contribution is 7.13. The number of thiophene rings is 1. The summed E-state index contributed by atoms with van der Waals surface area (Å²) in [6, 6.07) is 15.4. The van der Waals surface area contributed by atoms with Crippen LogP contribution >= 0.6 is 22.7 Å². The third kappa shape index (κ3) is 4.16. The van der Waals surface area contributed by atoms with E-state index in [2.05, 4.69) is 4.98 Å². The molecule has 1 aromatic carbocycles. The van der Waals surface area contributed by atoms with Crippen molar-refractivity contribution in [1.82, 2.24) is 9.88 Å². The first-order chi connectivity index (χ1) is 13.7. The van der Waals surface area contributed by atoms with E-state index in [0.29, 0.717) is 18.8 Å². The van der Waals surface area contributed by atoms with Gasteiger partial charge in [-0.2, -0.15) is 0 Å². The normalized spacial score (nSPS) is 10.8. The predicted octanol–water partition coefficient (Wildman–Crippen LogP) is 5.32. The van der Waals surface area contributed by atoms with Crippen LogP contribution in [-0.2, 0) is 13.1 Å². The number of rotatable bonds is 7. The van der Waals surface area contributed by atoms with Gasteiger partial charge in [-0.25, -0.2) is 4.98 Å². The molecule has 28 heavy (non-hydrogen) atoms. The Morgan fingerprint density at radius 1 is 1.11 bits per heavy atom. The van der Waals surface area contributed by atoms with Crippen molar-refractivity contribution >= 4 is 28.6 Å². The van der Waals surface area contributed by atoms with Crippen LogP contribution in [0.5, 0.6) is 5.75 Å². The molecular weight excluding hydrogens is 392 g/mol. The first-order valence-electron chi connectivity index (χ1n) is 8.67. The molecule has 3 heterocycles. The van der Waals surface area contributed by atoms with Crippen molar-refractivity contribution in [2.24, 2.45) is 0 Å². The number of ether oxygens (including phenoxy) is 1. The van der Waals surface area contributed by atoms with Gasteiger partial charge in [0, 0.05) is 15.8 Å². The molecule has 142 valence electrons. The Labute approximate surface area is 170 Å². The Morgan fingerprint density at radius 2 is 1.96 bits per heavy atom. The maximum Gasteiger partial charge on any atom is 0.274 e. The summed E-state index contributed by atoms with van der Waals surface area (Å²) in [5.41, 5.74) is 1.40. The third-order valence-corrected chi connectivity index (χ3v) is 5.95. The second-order valence-corrected chi connectivity index (χ2v) is 7.98. The smallest absolute Gasteiger partial charge is 0.274 e. The molecule has 0 aliphatic carbocycles. The number of benzene rings is 1. The second-order valence-electron chi connectivity index (χ2n) is 6.09. The van der Waals surface area contributed by atoms with E-state index in [1.165, 1.54) is 11.3 Å². The minimum absolute atomic E-state index is 0.110. The highest BCUT2D eigenvalue weighted by atomic mass is 32.1. The van der Waals surface area contributed by atoms with Crippen molar-refractivity contribution in [1.29, 1.82) is 0 Å². The molecular formula is C21H18N2O3S2. The number of methoxy groups -OCH3 is 1. The molecule has 3 aromatic heterocycles. The number of amides is 1. The van der Waals surface area contributed by atoms with Crippen LogP contribution in [0, 0.1) is 0 Å². The monoisotopic (exact) mass is 410 g/mol. The molecule has 5 nitrogen and oxygen atoms in total. The molecule has 0 bridgehead atoms.